The lowest BCUT2D eigenvalue weighted by Gasteiger charge is -2.09. The summed E-state index contributed by atoms with van der Waals surface area (Å²) in [5.74, 6) is 0.866. The van der Waals surface area contributed by atoms with Crippen LogP contribution in [0.5, 0.6) is 17.2 Å². The van der Waals surface area contributed by atoms with Gasteiger partial charge in [0.2, 0.25) is 0 Å². The second-order valence-electron chi connectivity index (χ2n) is 4.19. The second-order valence-corrected chi connectivity index (χ2v) is 4.19. The van der Waals surface area contributed by atoms with Crippen molar-refractivity contribution in [1.29, 1.82) is 0 Å². The lowest BCUT2D eigenvalue weighted by molar-refractivity contribution is 0.409. The van der Waals surface area contributed by atoms with Gasteiger partial charge in [0.1, 0.15) is 17.2 Å². The Kier molecular flexibility index (Phi) is 2.27. The maximum Gasteiger partial charge on any atom is 0.127 e. The molecular formula is C15H12O3. The summed E-state index contributed by atoms with van der Waals surface area (Å²) in [7, 11) is 1.55. The van der Waals surface area contributed by atoms with Crippen molar-refractivity contribution in [2.75, 3.05) is 7.11 Å². The van der Waals surface area contributed by atoms with Crippen LogP contribution in [0.1, 0.15) is 0 Å². The zero-order chi connectivity index (χ0) is 12.7. The molecule has 3 aromatic rings. The van der Waals surface area contributed by atoms with Crippen molar-refractivity contribution >= 4 is 21.5 Å². The molecule has 2 N–H and O–H groups in total. The van der Waals surface area contributed by atoms with Crippen molar-refractivity contribution in [2.45, 2.75) is 0 Å². The van der Waals surface area contributed by atoms with E-state index in [1.54, 1.807) is 25.3 Å². The number of benzene rings is 3. The minimum atomic E-state index is 0.108. The number of phenols is 2. The first-order valence-electron chi connectivity index (χ1n) is 5.62. The van der Waals surface area contributed by atoms with Crippen LogP contribution in [0.2, 0.25) is 0 Å². The normalized spacial score (nSPS) is 10.9. The molecule has 0 aliphatic carbocycles. The fraction of sp³-hybridized carbons (Fsp3) is 0.0667. The summed E-state index contributed by atoms with van der Waals surface area (Å²) >= 11 is 0. The standard InChI is InChI=1S/C15H12O3/c1-18-11-7-10-6-5-9-3-2-4-12(16)14(9)15(10)13(17)8-11/h2-8,16-17H,1H3. The fourth-order valence-corrected chi connectivity index (χ4v) is 2.29. The van der Waals surface area contributed by atoms with E-state index in [2.05, 4.69) is 0 Å². The van der Waals surface area contributed by atoms with E-state index >= 15 is 0 Å². The number of hydrogen-bond donors (Lipinski definition) is 2. The lowest BCUT2D eigenvalue weighted by Crippen LogP contribution is -1.85. The van der Waals surface area contributed by atoms with Gasteiger partial charge in [-0.25, -0.2) is 0 Å². The van der Waals surface area contributed by atoms with E-state index in [-0.39, 0.29) is 11.5 Å². The number of aromatic hydroxyl groups is 2. The van der Waals surface area contributed by atoms with Gasteiger partial charge in [-0.05, 0) is 22.9 Å². The average Bonchev–Trinajstić information content (AvgIpc) is 2.38. The lowest BCUT2D eigenvalue weighted by atomic mass is 10.00. The van der Waals surface area contributed by atoms with E-state index in [1.807, 2.05) is 24.3 Å². The van der Waals surface area contributed by atoms with Gasteiger partial charge in [0.25, 0.3) is 0 Å². The van der Waals surface area contributed by atoms with Crippen molar-refractivity contribution in [3.05, 3.63) is 42.5 Å². The highest BCUT2D eigenvalue weighted by Crippen LogP contribution is 2.39. The van der Waals surface area contributed by atoms with Crippen molar-refractivity contribution in [3.8, 4) is 17.2 Å². The third kappa shape index (κ3) is 1.44. The molecule has 0 radical (unpaired) electrons. The minimum Gasteiger partial charge on any atom is -0.507 e. The highest BCUT2D eigenvalue weighted by Gasteiger charge is 2.10. The van der Waals surface area contributed by atoms with Crippen molar-refractivity contribution in [3.63, 3.8) is 0 Å². The number of hydrogen-bond acceptors (Lipinski definition) is 3. The van der Waals surface area contributed by atoms with Crippen LogP contribution in [0.4, 0.5) is 0 Å². The molecule has 90 valence electrons. The van der Waals surface area contributed by atoms with Crippen LogP contribution in [-0.4, -0.2) is 17.3 Å². The van der Waals surface area contributed by atoms with Crippen molar-refractivity contribution < 1.29 is 14.9 Å². The zero-order valence-corrected chi connectivity index (χ0v) is 9.84. The van der Waals surface area contributed by atoms with Gasteiger partial charge in [-0.15, -0.1) is 0 Å². The Labute approximate surface area is 104 Å². The van der Waals surface area contributed by atoms with Gasteiger partial charge in [-0.2, -0.15) is 0 Å². The number of fused-ring (bicyclic) bond motifs is 3. The number of rotatable bonds is 1. The third-order valence-electron chi connectivity index (χ3n) is 3.12. The maximum absolute atomic E-state index is 10.1. The Hall–Kier alpha value is -2.42. The van der Waals surface area contributed by atoms with Crippen LogP contribution in [0.15, 0.2) is 42.5 Å². The Morgan fingerprint density at radius 3 is 2.33 bits per heavy atom. The van der Waals surface area contributed by atoms with E-state index in [1.165, 1.54) is 0 Å². The summed E-state index contributed by atoms with van der Waals surface area (Å²) < 4.78 is 5.12. The van der Waals surface area contributed by atoms with Gasteiger partial charge in [0.05, 0.1) is 7.11 Å². The van der Waals surface area contributed by atoms with Crippen LogP contribution in [0.3, 0.4) is 0 Å². The summed E-state index contributed by atoms with van der Waals surface area (Å²) in [4.78, 5) is 0. The van der Waals surface area contributed by atoms with Gasteiger partial charge in [-0.3, -0.25) is 0 Å². The molecule has 0 atom stereocenters. The molecule has 0 aliphatic rings. The SMILES string of the molecule is COc1cc(O)c2c(ccc3cccc(O)c32)c1. The summed E-state index contributed by atoms with van der Waals surface area (Å²) in [5, 5.41) is 23.1. The van der Waals surface area contributed by atoms with E-state index in [0.29, 0.717) is 16.5 Å². The minimum absolute atomic E-state index is 0.108. The highest BCUT2D eigenvalue weighted by atomic mass is 16.5. The van der Waals surface area contributed by atoms with Gasteiger partial charge in [0, 0.05) is 16.8 Å². The van der Waals surface area contributed by atoms with Crippen LogP contribution < -0.4 is 4.74 Å². The molecule has 3 rings (SSSR count). The smallest absolute Gasteiger partial charge is 0.127 e. The molecule has 0 amide bonds. The molecule has 0 bridgehead atoms. The van der Waals surface area contributed by atoms with Crippen molar-refractivity contribution in [2.24, 2.45) is 0 Å². The van der Waals surface area contributed by atoms with E-state index in [4.69, 9.17) is 4.74 Å². The van der Waals surface area contributed by atoms with Gasteiger partial charge in [0.15, 0.2) is 0 Å². The number of phenolic OH excluding ortho intramolecular Hbond substituents is 2. The fourth-order valence-electron chi connectivity index (χ4n) is 2.29. The Balaban J connectivity index is 2.54. The Morgan fingerprint density at radius 2 is 1.56 bits per heavy atom. The summed E-state index contributed by atoms with van der Waals surface area (Å²) in [6, 6.07) is 12.5. The molecule has 0 aliphatic heterocycles. The first-order chi connectivity index (χ1) is 8.70. The monoisotopic (exact) mass is 240 g/mol. The molecule has 0 spiro atoms. The zero-order valence-electron chi connectivity index (χ0n) is 9.84. The molecule has 0 saturated carbocycles. The Morgan fingerprint density at radius 1 is 0.833 bits per heavy atom. The number of methoxy groups -OCH3 is 1. The van der Waals surface area contributed by atoms with Crippen LogP contribution in [-0.2, 0) is 0 Å². The van der Waals surface area contributed by atoms with Gasteiger partial charge in [-0.1, -0.05) is 24.3 Å². The maximum atomic E-state index is 10.1. The first-order valence-corrected chi connectivity index (χ1v) is 5.62. The van der Waals surface area contributed by atoms with Crippen LogP contribution in [0, 0.1) is 0 Å². The molecule has 0 aromatic heterocycles. The second kappa shape index (κ2) is 3.81. The molecule has 0 saturated heterocycles. The van der Waals surface area contributed by atoms with E-state index in [9.17, 15) is 10.2 Å². The molecular weight excluding hydrogens is 228 g/mol. The highest BCUT2D eigenvalue weighted by molar-refractivity contribution is 6.13. The van der Waals surface area contributed by atoms with Crippen LogP contribution >= 0.6 is 0 Å². The van der Waals surface area contributed by atoms with E-state index < -0.39 is 0 Å². The van der Waals surface area contributed by atoms with Crippen molar-refractivity contribution in [1.82, 2.24) is 0 Å². The summed E-state index contributed by atoms with van der Waals surface area (Å²) in [6.07, 6.45) is 0. The largest absolute Gasteiger partial charge is 0.507 e. The molecule has 0 unspecified atom stereocenters. The molecule has 0 fully saturated rings. The first kappa shape index (κ1) is 10.7. The predicted molar refractivity (Wildman–Crippen MR) is 71.3 cm³/mol. The predicted octanol–water partition coefficient (Wildman–Crippen LogP) is 3.41. The topological polar surface area (TPSA) is 49.7 Å². The molecule has 3 heteroatoms. The molecule has 18 heavy (non-hydrogen) atoms. The van der Waals surface area contributed by atoms with Crippen LogP contribution in [0.25, 0.3) is 21.5 Å². The molecule has 3 aromatic carbocycles. The van der Waals surface area contributed by atoms with Gasteiger partial charge < -0.3 is 14.9 Å². The third-order valence-corrected chi connectivity index (χ3v) is 3.12. The average molecular weight is 240 g/mol. The Bertz CT molecular complexity index is 747. The molecule has 3 nitrogen and oxygen atoms in total. The quantitative estimate of drug-likeness (QED) is 0.641. The summed E-state index contributed by atoms with van der Waals surface area (Å²) in [6.45, 7) is 0. The molecule has 0 heterocycles. The van der Waals surface area contributed by atoms with Gasteiger partial charge >= 0.3 is 0 Å². The number of ether oxygens (including phenoxy) is 1. The summed E-state index contributed by atoms with van der Waals surface area (Å²) in [5.41, 5.74) is 0. The van der Waals surface area contributed by atoms with E-state index in [0.717, 1.165) is 10.8 Å².